The molecule has 90 valence electrons. The van der Waals surface area contributed by atoms with Crippen LogP contribution in [0.5, 0.6) is 0 Å². The van der Waals surface area contributed by atoms with E-state index in [1.54, 1.807) is 6.92 Å². The molecule has 0 aromatic heterocycles. The second-order valence-electron chi connectivity index (χ2n) is 4.58. The summed E-state index contributed by atoms with van der Waals surface area (Å²) < 4.78 is 0.442. The van der Waals surface area contributed by atoms with Gasteiger partial charge in [0.05, 0.1) is 21.1 Å². The van der Waals surface area contributed by atoms with Gasteiger partial charge in [-0.05, 0) is 6.92 Å². The van der Waals surface area contributed by atoms with E-state index < -0.39 is 18.0 Å². The zero-order chi connectivity index (χ0) is 11.6. The topological polar surface area (TPSA) is 60.4 Å². The van der Waals surface area contributed by atoms with E-state index in [0.29, 0.717) is 4.48 Å². The lowest BCUT2D eigenvalue weighted by atomic mass is 9.95. The molecule has 0 saturated heterocycles. The smallest absolute Gasteiger partial charge is 0.149 e. The van der Waals surface area contributed by atoms with Gasteiger partial charge < -0.3 is 19.5 Å². The first kappa shape index (κ1) is 17.2. The van der Waals surface area contributed by atoms with Gasteiger partial charge in [0.25, 0.3) is 0 Å². The van der Waals surface area contributed by atoms with Crippen molar-refractivity contribution in [2.45, 2.75) is 18.9 Å². The maximum absolute atomic E-state index is 10.5. The number of aliphatic hydroxyl groups is 1. The maximum Gasteiger partial charge on any atom is 0.149 e. The van der Waals surface area contributed by atoms with E-state index in [4.69, 9.17) is 12.2 Å². The molecular formula is C9H18ClNO3S. The standard InChI is InChI=1S/C9H17NO3S.ClH/c1-7(14)9(13,5-8(11)12)6-10(2,3)4;/h13H,5-6H2,1-4H3;1H. The summed E-state index contributed by atoms with van der Waals surface area (Å²) in [4.78, 5) is 10.8. The summed E-state index contributed by atoms with van der Waals surface area (Å²) >= 11 is 4.87. The second kappa shape index (κ2) is 5.75. The van der Waals surface area contributed by atoms with Gasteiger partial charge >= 0.3 is 0 Å². The van der Waals surface area contributed by atoms with E-state index in [0.717, 1.165) is 0 Å². The zero-order valence-corrected chi connectivity index (χ0v) is 11.1. The lowest BCUT2D eigenvalue weighted by molar-refractivity contribution is -0.875. The molecule has 0 aliphatic rings. The van der Waals surface area contributed by atoms with Crippen molar-refractivity contribution in [3.63, 3.8) is 0 Å². The lowest BCUT2D eigenvalue weighted by Crippen LogP contribution is -2.54. The van der Waals surface area contributed by atoms with Gasteiger partial charge in [-0.3, -0.25) is 0 Å². The van der Waals surface area contributed by atoms with Gasteiger partial charge in [-0.2, -0.15) is 0 Å². The number of rotatable bonds is 5. The molecule has 0 rings (SSSR count). The highest BCUT2D eigenvalue weighted by Crippen LogP contribution is 2.16. The first-order valence-corrected chi connectivity index (χ1v) is 4.71. The Hall–Kier alpha value is -0.230. The third kappa shape index (κ3) is 6.78. The number of halogens is 1. The van der Waals surface area contributed by atoms with Crippen molar-refractivity contribution in [1.82, 2.24) is 0 Å². The monoisotopic (exact) mass is 255 g/mol. The Morgan fingerprint density at radius 1 is 1.47 bits per heavy atom. The van der Waals surface area contributed by atoms with Crippen LogP contribution in [-0.2, 0) is 4.79 Å². The average Bonchev–Trinajstić information content (AvgIpc) is 1.79. The van der Waals surface area contributed by atoms with Crippen LogP contribution in [0, 0.1) is 0 Å². The maximum atomic E-state index is 10.5. The molecule has 0 heterocycles. The fraction of sp³-hybridized carbons (Fsp3) is 0.778. The quantitative estimate of drug-likeness (QED) is 0.525. The molecule has 0 aromatic rings. The fourth-order valence-corrected chi connectivity index (χ4v) is 1.45. The third-order valence-corrected chi connectivity index (χ3v) is 2.21. The first-order chi connectivity index (χ1) is 6.07. The van der Waals surface area contributed by atoms with Gasteiger partial charge in [-0.15, -0.1) is 12.4 Å². The molecule has 0 aromatic carbocycles. The minimum Gasteiger partial charge on any atom is -0.550 e. The molecule has 1 unspecified atom stereocenters. The Bertz CT molecular complexity index is 252. The van der Waals surface area contributed by atoms with Crippen molar-refractivity contribution in [1.29, 1.82) is 0 Å². The van der Waals surface area contributed by atoms with E-state index in [-0.39, 0.29) is 23.8 Å². The number of quaternary nitrogens is 1. The number of aliphatic carboxylic acids is 1. The highest BCUT2D eigenvalue weighted by molar-refractivity contribution is 7.80. The molecule has 1 N–H and O–H groups in total. The van der Waals surface area contributed by atoms with E-state index in [9.17, 15) is 15.0 Å². The largest absolute Gasteiger partial charge is 0.550 e. The molecule has 0 fully saturated rings. The van der Waals surface area contributed by atoms with Crippen LogP contribution in [0.25, 0.3) is 0 Å². The number of nitrogens with zero attached hydrogens (tertiary/aromatic N) is 1. The van der Waals surface area contributed by atoms with Crippen LogP contribution < -0.4 is 5.11 Å². The fourth-order valence-electron chi connectivity index (χ4n) is 1.32. The summed E-state index contributed by atoms with van der Waals surface area (Å²) in [6.07, 6.45) is -0.447. The molecule has 0 spiro atoms. The first-order valence-electron chi connectivity index (χ1n) is 4.30. The predicted molar refractivity (Wildman–Crippen MR) is 63.0 cm³/mol. The number of carbonyl (C=O) groups excluding carboxylic acids is 1. The Labute approximate surface area is 102 Å². The van der Waals surface area contributed by atoms with Crippen LogP contribution in [0.4, 0.5) is 0 Å². The highest BCUT2D eigenvalue weighted by Gasteiger charge is 2.35. The highest BCUT2D eigenvalue weighted by atomic mass is 35.5. The molecule has 15 heavy (non-hydrogen) atoms. The summed E-state index contributed by atoms with van der Waals surface area (Å²) in [5, 5.41) is 20.5. The van der Waals surface area contributed by atoms with Gasteiger partial charge in [0.1, 0.15) is 12.1 Å². The normalized spacial score (nSPS) is 15.0. The van der Waals surface area contributed by atoms with Crippen LogP contribution in [0.1, 0.15) is 13.3 Å². The number of carboxylic acids is 1. The third-order valence-electron chi connectivity index (χ3n) is 1.83. The molecule has 0 aliphatic carbocycles. The molecule has 0 bridgehead atoms. The van der Waals surface area contributed by atoms with E-state index in [1.165, 1.54) is 0 Å². The number of likely N-dealkylation sites (N-methyl/N-ethyl adjacent to an activating group) is 1. The second-order valence-corrected chi connectivity index (χ2v) is 5.20. The lowest BCUT2D eigenvalue weighted by Gasteiger charge is -2.35. The van der Waals surface area contributed by atoms with Crippen molar-refractivity contribution in [2.75, 3.05) is 27.7 Å². The Kier molecular flexibility index (Phi) is 6.58. The molecule has 0 radical (unpaired) electrons. The van der Waals surface area contributed by atoms with Crippen molar-refractivity contribution in [2.24, 2.45) is 0 Å². The van der Waals surface area contributed by atoms with E-state index in [1.807, 2.05) is 21.1 Å². The summed E-state index contributed by atoms with van der Waals surface area (Å²) in [5.41, 5.74) is -1.45. The number of carbonyl (C=O) groups is 1. The van der Waals surface area contributed by atoms with Crippen LogP contribution in [-0.4, -0.2) is 53.7 Å². The van der Waals surface area contributed by atoms with Gasteiger partial charge in [-0.25, -0.2) is 0 Å². The molecule has 1 atom stereocenters. The van der Waals surface area contributed by atoms with Crippen molar-refractivity contribution < 1.29 is 19.5 Å². The van der Waals surface area contributed by atoms with Gasteiger partial charge in [0, 0.05) is 17.3 Å². The molecular weight excluding hydrogens is 238 g/mol. The van der Waals surface area contributed by atoms with Crippen molar-refractivity contribution in [3.8, 4) is 0 Å². The predicted octanol–water partition coefficient (Wildman–Crippen LogP) is -0.625. The number of carboxylic acid groups (broad SMARTS) is 1. The molecule has 0 amide bonds. The number of thiocarbonyl (C=S) groups is 1. The molecule has 0 aliphatic heterocycles. The Morgan fingerprint density at radius 3 is 2.07 bits per heavy atom. The van der Waals surface area contributed by atoms with Crippen molar-refractivity contribution in [3.05, 3.63) is 0 Å². The number of hydrogen-bond donors (Lipinski definition) is 1. The summed E-state index contributed by atoms with van der Waals surface area (Å²) in [6, 6.07) is 0. The summed E-state index contributed by atoms with van der Waals surface area (Å²) in [5.74, 6) is -1.29. The molecule has 4 nitrogen and oxygen atoms in total. The SMILES string of the molecule is CC(=S)C(O)(CC(=O)[O-])C[N+](C)(C)C.Cl. The van der Waals surface area contributed by atoms with E-state index >= 15 is 0 Å². The van der Waals surface area contributed by atoms with Crippen LogP contribution in [0.2, 0.25) is 0 Å². The van der Waals surface area contributed by atoms with Gasteiger partial charge in [0.15, 0.2) is 0 Å². The average molecular weight is 256 g/mol. The minimum absolute atomic E-state index is 0. The van der Waals surface area contributed by atoms with Crippen LogP contribution in [0.15, 0.2) is 0 Å². The van der Waals surface area contributed by atoms with Gasteiger partial charge in [-0.1, -0.05) is 12.2 Å². The molecule has 0 saturated carbocycles. The Balaban J connectivity index is 0. The summed E-state index contributed by atoms with van der Waals surface area (Å²) in [6.45, 7) is 1.81. The van der Waals surface area contributed by atoms with E-state index in [2.05, 4.69) is 0 Å². The zero-order valence-electron chi connectivity index (χ0n) is 9.44. The Morgan fingerprint density at radius 2 is 1.87 bits per heavy atom. The van der Waals surface area contributed by atoms with Crippen LogP contribution in [0.3, 0.4) is 0 Å². The number of hydrogen-bond acceptors (Lipinski definition) is 4. The summed E-state index contributed by atoms with van der Waals surface area (Å²) in [7, 11) is 5.58. The molecule has 6 heteroatoms. The van der Waals surface area contributed by atoms with Crippen LogP contribution >= 0.6 is 24.6 Å². The van der Waals surface area contributed by atoms with Crippen molar-refractivity contribution >= 4 is 35.5 Å². The minimum atomic E-state index is -1.45. The van der Waals surface area contributed by atoms with Gasteiger partial charge in [0.2, 0.25) is 0 Å².